The summed E-state index contributed by atoms with van der Waals surface area (Å²) in [6, 6.07) is 13.2. The van der Waals surface area contributed by atoms with E-state index in [9.17, 15) is 9.59 Å². The van der Waals surface area contributed by atoms with Gasteiger partial charge < -0.3 is 4.98 Å². The molecule has 1 aliphatic carbocycles. The van der Waals surface area contributed by atoms with Gasteiger partial charge in [-0.15, -0.1) is 11.3 Å². The number of hydrogen-bond donors (Lipinski definition) is 1. The molecule has 0 spiro atoms. The number of nitrogens with zero attached hydrogens (tertiary/aromatic N) is 1. The van der Waals surface area contributed by atoms with Crippen LogP contribution in [0.4, 0.5) is 0 Å². The van der Waals surface area contributed by atoms with E-state index in [2.05, 4.69) is 4.98 Å². The largest absolute Gasteiger partial charge is 0.353 e. The van der Waals surface area contributed by atoms with Gasteiger partial charge in [-0.1, -0.05) is 36.4 Å². The molecule has 0 atom stereocenters. The highest BCUT2D eigenvalue weighted by molar-refractivity contribution is 7.17. The Balaban J connectivity index is 1.99. The topological polar surface area (TPSA) is 54.9 Å². The van der Waals surface area contributed by atoms with Gasteiger partial charge >= 0.3 is 0 Å². The monoisotopic (exact) mass is 344 g/mol. The Labute approximate surface area is 146 Å². The summed E-state index contributed by atoms with van der Waals surface area (Å²) in [6.07, 6.45) is 5.85. The lowest BCUT2D eigenvalue weighted by atomic mass is 10.0. The van der Waals surface area contributed by atoms with Crippen molar-refractivity contribution in [2.75, 3.05) is 0 Å². The molecule has 5 rings (SSSR count). The molecule has 0 unspecified atom stereocenters. The third kappa shape index (κ3) is 1.99. The molecule has 1 aromatic carbocycles. The molecule has 3 aromatic heterocycles. The molecule has 0 bridgehead atoms. The van der Waals surface area contributed by atoms with Gasteiger partial charge in [0.05, 0.1) is 21.4 Å². The SMILES string of the molecule is O=c1c2sccc2[nH]c2cc(C3=CC=C3)n(-c3ccccc3)c(=O)c12. The number of aromatic amines is 1. The number of hydrogen-bond acceptors (Lipinski definition) is 3. The number of nitrogens with one attached hydrogen (secondary N) is 1. The zero-order chi connectivity index (χ0) is 17.0. The van der Waals surface area contributed by atoms with Gasteiger partial charge in [0.15, 0.2) is 0 Å². The average molecular weight is 344 g/mol. The van der Waals surface area contributed by atoms with Crippen molar-refractivity contribution in [2.24, 2.45) is 0 Å². The molecule has 0 aliphatic heterocycles. The smallest absolute Gasteiger partial charge is 0.269 e. The average Bonchev–Trinajstić information content (AvgIpc) is 3.03. The molecule has 0 radical (unpaired) electrons. The van der Waals surface area contributed by atoms with Gasteiger partial charge in [0, 0.05) is 5.69 Å². The highest BCUT2D eigenvalue weighted by atomic mass is 32.1. The van der Waals surface area contributed by atoms with E-state index >= 15 is 0 Å². The van der Waals surface area contributed by atoms with Crippen molar-refractivity contribution in [3.63, 3.8) is 0 Å². The second-order valence-corrected chi connectivity index (χ2v) is 6.81. The fraction of sp³-hybridized carbons (Fsp3) is 0. The molecule has 0 amide bonds. The lowest BCUT2D eigenvalue weighted by Crippen LogP contribution is -2.26. The molecule has 1 N–H and O–H groups in total. The van der Waals surface area contributed by atoms with Gasteiger partial charge in [-0.3, -0.25) is 14.2 Å². The van der Waals surface area contributed by atoms with Crippen LogP contribution in [0, 0.1) is 0 Å². The van der Waals surface area contributed by atoms with Gasteiger partial charge in [-0.25, -0.2) is 0 Å². The summed E-state index contributed by atoms with van der Waals surface area (Å²) in [4.78, 5) is 29.4. The summed E-state index contributed by atoms with van der Waals surface area (Å²) in [5.74, 6) is 0. The standard InChI is InChI=1S/C20H12N2O2S/c23-18-17-15(21-14-9-10-25-19(14)18)11-16(12-5-4-6-12)22(20(17)24)13-7-2-1-3-8-13/h1-11H,(H,21,23). The van der Waals surface area contributed by atoms with Gasteiger partial charge in [0.2, 0.25) is 5.43 Å². The molecule has 0 saturated heterocycles. The Kier molecular flexibility index (Phi) is 2.93. The number of allylic oxidation sites excluding steroid dienone is 4. The molecule has 4 aromatic rings. The number of rotatable bonds is 2. The summed E-state index contributed by atoms with van der Waals surface area (Å²) in [6.45, 7) is 0. The van der Waals surface area contributed by atoms with Gasteiger partial charge in [0.25, 0.3) is 5.56 Å². The summed E-state index contributed by atoms with van der Waals surface area (Å²) >= 11 is 1.35. The molecule has 25 heavy (non-hydrogen) atoms. The summed E-state index contributed by atoms with van der Waals surface area (Å²) in [5, 5.41) is 2.06. The minimum absolute atomic E-state index is 0.200. The van der Waals surface area contributed by atoms with Crippen LogP contribution in [0.15, 0.2) is 75.7 Å². The van der Waals surface area contributed by atoms with Crippen molar-refractivity contribution in [3.8, 4) is 5.69 Å². The van der Waals surface area contributed by atoms with Crippen molar-refractivity contribution in [1.29, 1.82) is 0 Å². The van der Waals surface area contributed by atoms with Crippen molar-refractivity contribution in [1.82, 2.24) is 9.55 Å². The minimum Gasteiger partial charge on any atom is -0.353 e. The van der Waals surface area contributed by atoms with Crippen LogP contribution in [-0.2, 0) is 0 Å². The van der Waals surface area contributed by atoms with Crippen LogP contribution in [0.25, 0.3) is 32.4 Å². The van der Waals surface area contributed by atoms with E-state index in [4.69, 9.17) is 0 Å². The first-order valence-electron chi connectivity index (χ1n) is 7.87. The first-order chi connectivity index (χ1) is 12.2. The van der Waals surface area contributed by atoms with E-state index in [1.165, 1.54) is 11.3 Å². The molecular weight excluding hydrogens is 332 g/mol. The van der Waals surface area contributed by atoms with Crippen LogP contribution in [0.1, 0.15) is 5.69 Å². The van der Waals surface area contributed by atoms with E-state index in [1.54, 1.807) is 4.57 Å². The third-order valence-electron chi connectivity index (χ3n) is 4.44. The van der Waals surface area contributed by atoms with Crippen LogP contribution in [0.2, 0.25) is 0 Å². The Morgan fingerprint density at radius 1 is 1.00 bits per heavy atom. The Bertz CT molecular complexity index is 1320. The molecule has 5 heteroatoms. The maximum absolute atomic E-state index is 13.3. The van der Waals surface area contributed by atoms with E-state index in [0.717, 1.165) is 22.5 Å². The van der Waals surface area contributed by atoms with Crippen LogP contribution in [-0.4, -0.2) is 9.55 Å². The van der Waals surface area contributed by atoms with Gasteiger partial charge in [0.1, 0.15) is 5.39 Å². The maximum atomic E-state index is 13.3. The van der Waals surface area contributed by atoms with Crippen LogP contribution >= 0.6 is 11.3 Å². The quantitative estimate of drug-likeness (QED) is 0.600. The molecule has 1 aliphatic rings. The Morgan fingerprint density at radius 3 is 2.52 bits per heavy atom. The lowest BCUT2D eigenvalue weighted by molar-refractivity contribution is 0.982. The molecule has 0 fully saturated rings. The maximum Gasteiger partial charge on any atom is 0.269 e. The summed E-state index contributed by atoms with van der Waals surface area (Å²) in [5.41, 5.74) is 3.32. The fourth-order valence-electron chi connectivity index (χ4n) is 3.18. The summed E-state index contributed by atoms with van der Waals surface area (Å²) in [7, 11) is 0. The second-order valence-electron chi connectivity index (χ2n) is 5.89. The predicted molar refractivity (Wildman–Crippen MR) is 103 cm³/mol. The number of para-hydroxylation sites is 1. The van der Waals surface area contributed by atoms with E-state index < -0.39 is 0 Å². The first-order valence-corrected chi connectivity index (χ1v) is 8.75. The number of pyridine rings is 2. The number of aromatic nitrogens is 2. The fourth-order valence-corrected chi connectivity index (χ4v) is 3.97. The van der Waals surface area contributed by atoms with Crippen molar-refractivity contribution < 1.29 is 0 Å². The minimum atomic E-state index is -0.295. The van der Waals surface area contributed by atoms with Crippen molar-refractivity contribution in [3.05, 3.63) is 92.3 Å². The zero-order valence-electron chi connectivity index (χ0n) is 13.0. The van der Waals surface area contributed by atoms with E-state index in [-0.39, 0.29) is 16.4 Å². The summed E-state index contributed by atoms with van der Waals surface area (Å²) < 4.78 is 2.20. The van der Waals surface area contributed by atoms with E-state index in [1.807, 2.05) is 66.1 Å². The number of thiophene rings is 1. The molecule has 4 nitrogen and oxygen atoms in total. The van der Waals surface area contributed by atoms with Crippen molar-refractivity contribution in [2.45, 2.75) is 0 Å². The number of benzene rings is 1. The zero-order valence-corrected chi connectivity index (χ0v) is 13.8. The molecule has 0 saturated carbocycles. The van der Waals surface area contributed by atoms with Crippen molar-refractivity contribution >= 4 is 38.0 Å². The first kappa shape index (κ1) is 14.2. The lowest BCUT2D eigenvalue weighted by Gasteiger charge is -2.17. The normalized spacial score (nSPS) is 13.2. The number of fused-ring (bicyclic) bond motifs is 2. The van der Waals surface area contributed by atoms with E-state index in [0.29, 0.717) is 10.2 Å². The van der Waals surface area contributed by atoms with Gasteiger partial charge in [-0.2, -0.15) is 0 Å². The molecule has 3 heterocycles. The third-order valence-corrected chi connectivity index (χ3v) is 5.35. The van der Waals surface area contributed by atoms with Crippen LogP contribution in [0.3, 0.4) is 0 Å². The van der Waals surface area contributed by atoms with Crippen LogP contribution < -0.4 is 11.0 Å². The molecular formula is C20H12N2O2S. The Morgan fingerprint density at radius 2 is 1.80 bits per heavy atom. The second kappa shape index (κ2) is 5.16. The molecule has 120 valence electrons. The van der Waals surface area contributed by atoms with Gasteiger partial charge in [-0.05, 0) is 35.2 Å². The highest BCUT2D eigenvalue weighted by Crippen LogP contribution is 2.26. The Hall–Kier alpha value is -3.18. The predicted octanol–water partition coefficient (Wildman–Crippen LogP) is 3.85. The highest BCUT2D eigenvalue weighted by Gasteiger charge is 2.18. The van der Waals surface area contributed by atoms with Crippen LogP contribution in [0.5, 0.6) is 0 Å². The number of H-pyrrole nitrogens is 1.